The van der Waals surface area contributed by atoms with E-state index < -0.39 is 43.6 Å². The van der Waals surface area contributed by atoms with Gasteiger partial charge in [0.05, 0.1) is 24.0 Å². The van der Waals surface area contributed by atoms with Crippen molar-refractivity contribution in [3.05, 3.63) is 70.5 Å². The Morgan fingerprint density at radius 3 is 2.74 bits per heavy atom. The number of hydrogen-bond donors (Lipinski definition) is 3. The molecule has 0 unspecified atom stereocenters. The molecule has 0 saturated carbocycles. The first kappa shape index (κ1) is 31.3. The Morgan fingerprint density at radius 1 is 1.28 bits per heavy atom. The van der Waals surface area contributed by atoms with Gasteiger partial charge in [-0.25, -0.2) is 0 Å². The molecule has 13 heteroatoms. The molecule has 0 radical (unpaired) electrons. The maximum atomic E-state index is 16.1. The van der Waals surface area contributed by atoms with Crippen molar-refractivity contribution in [3.8, 4) is 0 Å². The van der Waals surface area contributed by atoms with Gasteiger partial charge in [-0.15, -0.1) is 5.10 Å². The molecule has 1 fully saturated rings. The van der Waals surface area contributed by atoms with Crippen LogP contribution in [0.3, 0.4) is 0 Å². The van der Waals surface area contributed by atoms with Crippen LogP contribution in [0.5, 0.6) is 0 Å². The molecular weight excluding hydrogens is 593 g/mol. The van der Waals surface area contributed by atoms with Crippen molar-refractivity contribution in [3.63, 3.8) is 0 Å². The standard InChI is InChI=1S/C30H37ClFN5O5Si/c1-18-27(43(3,4)32)26(10-12-36-17-23(11-13-38)34-35-36)42-30(18)24-15-21(31)8-9-25(24)37(29(30)41)16-20-6-5-7-22(14-20)33-28(40)19(2)39/h5-9,14-15,17-19,26-27,38-39H,10-13,16H2,1-4H3,(H,33,40)/t18-,19+,26+,27-,30+/m1/s1. The molecule has 0 bridgehead atoms. The summed E-state index contributed by atoms with van der Waals surface area (Å²) in [6.07, 6.45) is 0.852. The summed E-state index contributed by atoms with van der Waals surface area (Å²) in [5, 5.41) is 30.1. The summed E-state index contributed by atoms with van der Waals surface area (Å²) in [6, 6.07) is 12.3. The maximum absolute atomic E-state index is 16.1. The number of anilines is 2. The predicted molar refractivity (Wildman–Crippen MR) is 163 cm³/mol. The molecule has 5 atom stereocenters. The summed E-state index contributed by atoms with van der Waals surface area (Å²) >= 11 is 6.47. The molecule has 2 aliphatic rings. The third kappa shape index (κ3) is 5.98. The summed E-state index contributed by atoms with van der Waals surface area (Å²) in [5.41, 5.74) is 1.26. The van der Waals surface area contributed by atoms with E-state index in [0.717, 1.165) is 5.56 Å². The van der Waals surface area contributed by atoms with E-state index in [1.165, 1.54) is 6.92 Å². The molecule has 1 saturated heterocycles. The maximum Gasteiger partial charge on any atom is 0.264 e. The van der Waals surface area contributed by atoms with Crippen molar-refractivity contribution >= 4 is 43.2 Å². The van der Waals surface area contributed by atoms with Gasteiger partial charge in [0, 0.05) is 53.5 Å². The molecule has 3 N–H and O–H groups in total. The van der Waals surface area contributed by atoms with Gasteiger partial charge in [0.25, 0.3) is 11.8 Å². The number of aliphatic hydroxyl groups excluding tert-OH is 2. The summed E-state index contributed by atoms with van der Waals surface area (Å²) in [6.45, 7) is 7.15. The van der Waals surface area contributed by atoms with Gasteiger partial charge >= 0.3 is 0 Å². The summed E-state index contributed by atoms with van der Waals surface area (Å²) in [7, 11) is -3.35. The number of aliphatic hydroxyl groups is 2. The second kappa shape index (κ2) is 12.1. The number of halogens is 2. The average molecular weight is 630 g/mol. The molecule has 10 nitrogen and oxygen atoms in total. The highest BCUT2D eigenvalue weighted by molar-refractivity contribution is 6.72. The number of carbonyl (C=O) groups excluding carboxylic acids is 2. The number of fused-ring (bicyclic) bond motifs is 2. The minimum absolute atomic E-state index is 0.0322. The zero-order valence-corrected chi connectivity index (χ0v) is 26.4. The molecule has 3 aromatic rings. The van der Waals surface area contributed by atoms with Gasteiger partial charge in [-0.3, -0.25) is 14.3 Å². The van der Waals surface area contributed by atoms with Crippen molar-refractivity contribution in [2.45, 2.75) is 76.2 Å². The number of nitrogens with one attached hydrogen (secondary N) is 1. The first-order valence-electron chi connectivity index (χ1n) is 14.4. The summed E-state index contributed by atoms with van der Waals surface area (Å²) < 4.78 is 24.5. The van der Waals surface area contributed by atoms with Crippen LogP contribution in [0.2, 0.25) is 23.7 Å². The Hall–Kier alpha value is -3.16. The molecule has 43 heavy (non-hydrogen) atoms. The number of hydrogen-bond acceptors (Lipinski definition) is 7. The molecular formula is C30H37ClFN5O5Si. The van der Waals surface area contributed by atoms with Crippen LogP contribution < -0.4 is 10.2 Å². The van der Waals surface area contributed by atoms with Crippen LogP contribution in [0, 0.1) is 5.92 Å². The second-order valence-corrected chi connectivity index (χ2v) is 16.2. The number of aromatic nitrogens is 3. The number of benzene rings is 2. The Balaban J connectivity index is 1.47. The van der Waals surface area contributed by atoms with Gasteiger partial charge < -0.3 is 29.3 Å². The number of aryl methyl sites for hydroxylation is 1. The fourth-order valence-corrected chi connectivity index (χ4v) is 9.27. The molecule has 2 aromatic carbocycles. The predicted octanol–water partition coefficient (Wildman–Crippen LogP) is 4.20. The minimum Gasteiger partial charge on any atom is -0.396 e. The first-order chi connectivity index (χ1) is 20.3. The third-order valence-corrected chi connectivity index (χ3v) is 11.1. The lowest BCUT2D eigenvalue weighted by Crippen LogP contribution is -2.45. The average Bonchev–Trinajstić information content (AvgIpc) is 3.58. The van der Waals surface area contributed by atoms with Crippen molar-refractivity contribution in [1.82, 2.24) is 15.0 Å². The van der Waals surface area contributed by atoms with Crippen molar-refractivity contribution < 1.29 is 28.6 Å². The second-order valence-electron chi connectivity index (χ2n) is 11.9. The lowest BCUT2D eigenvalue weighted by Gasteiger charge is -2.31. The van der Waals surface area contributed by atoms with Crippen LogP contribution in [-0.2, 0) is 39.4 Å². The van der Waals surface area contributed by atoms with Crippen LogP contribution in [0.4, 0.5) is 15.5 Å². The molecule has 1 aromatic heterocycles. The van der Waals surface area contributed by atoms with Crippen molar-refractivity contribution in [1.29, 1.82) is 0 Å². The number of rotatable bonds is 10. The molecule has 1 spiro atoms. The van der Waals surface area contributed by atoms with E-state index in [4.69, 9.17) is 16.3 Å². The fourth-order valence-electron chi connectivity index (χ4n) is 6.56. The summed E-state index contributed by atoms with van der Waals surface area (Å²) in [4.78, 5) is 28.2. The largest absolute Gasteiger partial charge is 0.396 e. The van der Waals surface area contributed by atoms with E-state index in [2.05, 4.69) is 15.6 Å². The Labute approximate surface area is 256 Å². The third-order valence-electron chi connectivity index (χ3n) is 8.43. The van der Waals surface area contributed by atoms with E-state index in [0.29, 0.717) is 47.0 Å². The summed E-state index contributed by atoms with van der Waals surface area (Å²) in [5.74, 6) is -1.30. The highest BCUT2D eigenvalue weighted by Crippen LogP contribution is 2.60. The highest BCUT2D eigenvalue weighted by atomic mass is 35.5. The lowest BCUT2D eigenvalue weighted by molar-refractivity contribution is -0.146. The smallest absolute Gasteiger partial charge is 0.264 e. The van der Waals surface area contributed by atoms with Crippen LogP contribution in [-0.4, -0.2) is 64.2 Å². The van der Waals surface area contributed by atoms with Crippen LogP contribution in [0.1, 0.15) is 37.1 Å². The van der Waals surface area contributed by atoms with E-state index in [1.807, 2.05) is 13.0 Å². The number of amides is 2. The number of ether oxygens (including phenoxy) is 1. The number of carbonyl (C=O) groups is 2. The van der Waals surface area contributed by atoms with Gasteiger partial charge in [-0.2, -0.15) is 0 Å². The quantitative estimate of drug-likeness (QED) is 0.226. The van der Waals surface area contributed by atoms with Gasteiger partial charge in [0.2, 0.25) is 8.41 Å². The molecule has 0 aliphatic carbocycles. The molecule has 2 aliphatic heterocycles. The minimum atomic E-state index is -3.35. The Kier molecular flexibility index (Phi) is 8.79. The monoisotopic (exact) mass is 629 g/mol. The van der Waals surface area contributed by atoms with Crippen LogP contribution in [0.15, 0.2) is 48.7 Å². The van der Waals surface area contributed by atoms with Crippen molar-refractivity contribution in [2.75, 3.05) is 16.8 Å². The molecule has 3 heterocycles. The number of nitrogens with zero attached hydrogens (tertiary/aromatic N) is 4. The van der Waals surface area contributed by atoms with E-state index in [9.17, 15) is 19.8 Å². The van der Waals surface area contributed by atoms with Gasteiger partial charge in [-0.05, 0) is 62.3 Å². The van der Waals surface area contributed by atoms with Crippen molar-refractivity contribution in [2.24, 2.45) is 5.92 Å². The first-order valence-corrected chi connectivity index (χ1v) is 17.7. The lowest BCUT2D eigenvalue weighted by atomic mass is 9.82. The zero-order chi connectivity index (χ0) is 31.1. The van der Waals surface area contributed by atoms with Gasteiger partial charge in [-0.1, -0.05) is 35.9 Å². The Bertz CT molecular complexity index is 1510. The van der Waals surface area contributed by atoms with Crippen LogP contribution >= 0.6 is 11.6 Å². The van der Waals surface area contributed by atoms with Gasteiger partial charge in [0.15, 0.2) is 5.60 Å². The fraction of sp³-hybridized carbons (Fsp3) is 0.467. The van der Waals surface area contributed by atoms with E-state index in [-0.39, 0.29) is 19.1 Å². The Morgan fingerprint density at radius 2 is 2.05 bits per heavy atom. The van der Waals surface area contributed by atoms with Crippen LogP contribution in [0.25, 0.3) is 0 Å². The van der Waals surface area contributed by atoms with Gasteiger partial charge in [0.1, 0.15) is 6.10 Å². The zero-order valence-electron chi connectivity index (χ0n) is 24.6. The van der Waals surface area contributed by atoms with E-state index >= 15 is 4.11 Å². The SMILES string of the molecule is C[C@H](O)C(=O)Nc1cccc(CN2C(=O)[C@@]3(O[C@@H](CCn4cc(CCO)nn4)[C@H]([Si](C)(C)F)[C@H]3C)c3cc(Cl)ccc32)c1. The molecule has 5 rings (SSSR count). The molecule has 230 valence electrons. The van der Waals surface area contributed by atoms with E-state index in [1.54, 1.807) is 65.3 Å². The highest BCUT2D eigenvalue weighted by Gasteiger charge is 2.66. The normalized spacial score (nSPS) is 24.0. The molecule has 2 amide bonds. The topological polar surface area (TPSA) is 130 Å².